The Morgan fingerprint density at radius 1 is 1.33 bits per heavy atom. The van der Waals surface area contributed by atoms with E-state index in [1.54, 1.807) is 6.92 Å². The fourth-order valence-corrected chi connectivity index (χ4v) is 2.08. The lowest BCUT2D eigenvalue weighted by Crippen LogP contribution is -2.17. The molecule has 0 N–H and O–H groups in total. The van der Waals surface area contributed by atoms with E-state index < -0.39 is 6.36 Å². The van der Waals surface area contributed by atoms with Crippen molar-refractivity contribution in [3.05, 3.63) is 24.3 Å². The van der Waals surface area contributed by atoms with E-state index in [0.717, 1.165) is 23.9 Å². The van der Waals surface area contributed by atoms with Crippen molar-refractivity contribution in [1.82, 2.24) is 20.2 Å². The van der Waals surface area contributed by atoms with Gasteiger partial charge in [0, 0.05) is 0 Å². The predicted octanol–water partition coefficient (Wildman–Crippen LogP) is 2.57. The summed E-state index contributed by atoms with van der Waals surface area (Å²) in [5.41, 5.74) is 0.460. The van der Waals surface area contributed by atoms with Crippen LogP contribution >= 0.6 is 11.8 Å². The second kappa shape index (κ2) is 6.01. The number of ether oxygens (including phenoxy) is 1. The summed E-state index contributed by atoms with van der Waals surface area (Å²) in [6.07, 6.45) is -4.74. The monoisotopic (exact) mass is 315 g/mol. The third kappa shape index (κ3) is 4.09. The summed E-state index contributed by atoms with van der Waals surface area (Å²) >= 11 is 1.14. The van der Waals surface area contributed by atoms with Gasteiger partial charge in [0.2, 0.25) is 5.16 Å². The Balaban J connectivity index is 2.20. The van der Waals surface area contributed by atoms with Crippen molar-refractivity contribution < 1.29 is 17.9 Å². The zero-order valence-electron chi connectivity index (χ0n) is 10.6. The number of benzene rings is 1. The van der Waals surface area contributed by atoms with Crippen molar-refractivity contribution in [3.63, 3.8) is 0 Å². The summed E-state index contributed by atoms with van der Waals surface area (Å²) in [5, 5.41) is 19.8. The number of tetrazole rings is 1. The fraction of sp³-hybridized carbons (Fsp3) is 0.273. The highest BCUT2D eigenvalue weighted by Crippen LogP contribution is 2.26. The Bertz CT molecular complexity index is 649. The fourth-order valence-electron chi connectivity index (χ4n) is 1.39. The number of rotatable bonds is 4. The Morgan fingerprint density at radius 2 is 2.00 bits per heavy atom. The normalized spacial score (nSPS) is 12.7. The average molecular weight is 315 g/mol. The topological polar surface area (TPSA) is 76.6 Å². The quantitative estimate of drug-likeness (QED) is 0.807. The molecule has 21 heavy (non-hydrogen) atoms. The zero-order chi connectivity index (χ0) is 15.5. The van der Waals surface area contributed by atoms with Crippen LogP contribution < -0.4 is 4.74 Å². The Hall–Kier alpha value is -2.28. The van der Waals surface area contributed by atoms with Crippen LogP contribution in [-0.4, -0.2) is 31.8 Å². The van der Waals surface area contributed by atoms with Gasteiger partial charge in [-0.05, 0) is 41.6 Å². The third-order valence-electron chi connectivity index (χ3n) is 2.22. The van der Waals surface area contributed by atoms with Gasteiger partial charge in [0.1, 0.15) is 5.75 Å². The van der Waals surface area contributed by atoms with Gasteiger partial charge in [0.15, 0.2) is 0 Å². The van der Waals surface area contributed by atoms with E-state index in [-0.39, 0.29) is 11.0 Å². The van der Waals surface area contributed by atoms with E-state index in [1.165, 1.54) is 16.8 Å². The van der Waals surface area contributed by atoms with Crippen molar-refractivity contribution in [2.75, 3.05) is 0 Å². The van der Waals surface area contributed by atoms with E-state index in [4.69, 9.17) is 5.26 Å². The first-order valence-electron chi connectivity index (χ1n) is 5.60. The second-order valence-corrected chi connectivity index (χ2v) is 5.11. The molecule has 0 saturated heterocycles. The molecule has 6 nitrogen and oxygen atoms in total. The summed E-state index contributed by atoms with van der Waals surface area (Å²) < 4.78 is 41.3. The van der Waals surface area contributed by atoms with Gasteiger partial charge in [0.05, 0.1) is 17.0 Å². The maximum absolute atomic E-state index is 12.1. The highest BCUT2D eigenvalue weighted by atomic mass is 32.2. The van der Waals surface area contributed by atoms with Gasteiger partial charge in [-0.1, -0.05) is 11.8 Å². The van der Waals surface area contributed by atoms with E-state index >= 15 is 0 Å². The van der Waals surface area contributed by atoms with Crippen LogP contribution in [0.5, 0.6) is 5.75 Å². The van der Waals surface area contributed by atoms with Crippen LogP contribution in [0.3, 0.4) is 0 Å². The van der Waals surface area contributed by atoms with Crippen molar-refractivity contribution in [2.24, 2.45) is 0 Å². The summed E-state index contributed by atoms with van der Waals surface area (Å²) in [6, 6.07) is 7.12. The number of nitriles is 1. The molecule has 10 heteroatoms. The molecule has 0 spiro atoms. The maximum Gasteiger partial charge on any atom is 0.573 e. The first-order valence-corrected chi connectivity index (χ1v) is 6.48. The minimum absolute atomic E-state index is 0.334. The van der Waals surface area contributed by atoms with Crippen LogP contribution in [-0.2, 0) is 0 Å². The molecule has 0 saturated carbocycles. The molecule has 0 bridgehead atoms. The molecular formula is C11H8F3N5OS. The van der Waals surface area contributed by atoms with E-state index in [2.05, 4.69) is 20.3 Å². The minimum atomic E-state index is -4.74. The van der Waals surface area contributed by atoms with Crippen LogP contribution in [0.2, 0.25) is 0 Å². The summed E-state index contributed by atoms with van der Waals surface area (Å²) in [5.74, 6) is -0.334. The molecule has 0 radical (unpaired) electrons. The van der Waals surface area contributed by atoms with Crippen molar-refractivity contribution in [1.29, 1.82) is 5.26 Å². The summed E-state index contributed by atoms with van der Waals surface area (Å²) in [7, 11) is 0. The second-order valence-electron chi connectivity index (χ2n) is 3.80. The lowest BCUT2D eigenvalue weighted by Gasteiger charge is -2.09. The highest BCUT2D eigenvalue weighted by Gasteiger charge is 2.31. The largest absolute Gasteiger partial charge is 0.573 e. The van der Waals surface area contributed by atoms with Crippen molar-refractivity contribution in [3.8, 4) is 17.5 Å². The molecular weight excluding hydrogens is 307 g/mol. The molecule has 0 amide bonds. The number of halogens is 3. The van der Waals surface area contributed by atoms with Crippen LogP contribution in [0.1, 0.15) is 6.92 Å². The number of thioether (sulfide) groups is 1. The molecule has 0 fully saturated rings. The number of hydrogen-bond donors (Lipinski definition) is 0. The molecule has 1 heterocycles. The van der Waals surface area contributed by atoms with Gasteiger partial charge < -0.3 is 4.74 Å². The molecule has 0 aliphatic rings. The molecule has 2 aromatic rings. The SMILES string of the molecule is C[C@H](C#N)Sc1nnnn1-c1ccc(OC(F)(F)F)cc1. The Morgan fingerprint density at radius 3 is 2.57 bits per heavy atom. The van der Waals surface area contributed by atoms with Gasteiger partial charge in [-0.25, -0.2) is 0 Å². The smallest absolute Gasteiger partial charge is 0.406 e. The van der Waals surface area contributed by atoms with Crippen molar-refractivity contribution >= 4 is 11.8 Å². The van der Waals surface area contributed by atoms with Gasteiger partial charge in [-0.3, -0.25) is 0 Å². The number of nitrogens with zero attached hydrogens (tertiary/aromatic N) is 5. The predicted molar refractivity (Wildman–Crippen MR) is 66.8 cm³/mol. The standard InChI is InChI=1S/C11H8F3N5OS/c1-7(6-15)21-10-16-17-18-19(10)8-2-4-9(5-3-8)20-11(12,13)14/h2-5,7H,1H3/t7-/m1/s1. The van der Waals surface area contributed by atoms with Crippen LogP contribution in [0.15, 0.2) is 29.4 Å². The van der Waals surface area contributed by atoms with Crippen LogP contribution in [0.4, 0.5) is 13.2 Å². The molecule has 2 rings (SSSR count). The first-order chi connectivity index (χ1) is 9.89. The lowest BCUT2D eigenvalue weighted by atomic mass is 10.3. The average Bonchev–Trinajstić information content (AvgIpc) is 2.86. The number of aromatic nitrogens is 4. The van der Waals surface area contributed by atoms with Gasteiger partial charge in [-0.2, -0.15) is 9.94 Å². The van der Waals surface area contributed by atoms with E-state index in [9.17, 15) is 13.2 Å². The van der Waals surface area contributed by atoms with E-state index in [0.29, 0.717) is 10.8 Å². The molecule has 0 aliphatic carbocycles. The molecule has 1 atom stereocenters. The Kier molecular flexibility index (Phi) is 4.32. The first kappa shape index (κ1) is 15.1. The Labute approximate surface area is 121 Å². The van der Waals surface area contributed by atoms with E-state index in [1.807, 2.05) is 6.07 Å². The molecule has 1 aromatic carbocycles. The zero-order valence-corrected chi connectivity index (χ0v) is 11.4. The summed E-state index contributed by atoms with van der Waals surface area (Å²) in [6.45, 7) is 1.68. The van der Waals surface area contributed by atoms with Crippen LogP contribution in [0.25, 0.3) is 5.69 Å². The van der Waals surface area contributed by atoms with Crippen LogP contribution in [0, 0.1) is 11.3 Å². The number of hydrogen-bond acceptors (Lipinski definition) is 6. The minimum Gasteiger partial charge on any atom is -0.406 e. The van der Waals surface area contributed by atoms with Gasteiger partial charge >= 0.3 is 6.36 Å². The molecule has 0 unspecified atom stereocenters. The lowest BCUT2D eigenvalue weighted by molar-refractivity contribution is -0.274. The summed E-state index contributed by atoms with van der Waals surface area (Å²) in [4.78, 5) is 0. The third-order valence-corrected chi connectivity index (χ3v) is 3.14. The highest BCUT2D eigenvalue weighted by molar-refractivity contribution is 8.00. The maximum atomic E-state index is 12.1. The molecule has 1 aromatic heterocycles. The molecule has 0 aliphatic heterocycles. The van der Waals surface area contributed by atoms with Crippen molar-refractivity contribution in [2.45, 2.75) is 23.7 Å². The van der Waals surface area contributed by atoms with Gasteiger partial charge in [0.25, 0.3) is 0 Å². The number of alkyl halides is 3. The van der Waals surface area contributed by atoms with Gasteiger partial charge in [-0.15, -0.1) is 18.3 Å². The molecule has 110 valence electrons.